The average Bonchev–Trinajstić information content (AvgIpc) is 2.75. The van der Waals surface area contributed by atoms with Crippen LogP contribution in [0.5, 0.6) is 0 Å². The number of esters is 1. The van der Waals surface area contributed by atoms with E-state index in [0.29, 0.717) is 23.4 Å². The summed E-state index contributed by atoms with van der Waals surface area (Å²) < 4.78 is 39.5. The van der Waals surface area contributed by atoms with Gasteiger partial charge in [-0.2, -0.15) is 9.13 Å². The van der Waals surface area contributed by atoms with Crippen molar-refractivity contribution in [1.82, 2.24) is 0 Å². The van der Waals surface area contributed by atoms with Crippen LogP contribution in [0.25, 0.3) is 11.3 Å². The van der Waals surface area contributed by atoms with E-state index in [0.717, 1.165) is 18.2 Å². The van der Waals surface area contributed by atoms with E-state index in [1.807, 2.05) is 47.3 Å². The third-order valence-electron chi connectivity index (χ3n) is 7.97. The van der Waals surface area contributed by atoms with Crippen molar-refractivity contribution in [3.05, 3.63) is 83.8 Å². The molecule has 6 heteroatoms. The quantitative estimate of drug-likeness (QED) is 0.446. The SMILES string of the molecule is CC12c3cc(F)cc(F)c3-c3cccc[n+]3C1(C)CC2C1C[n+]2ccccc2C(=O)O1. The number of nitrogens with zero attached hydrogens (tertiary/aromatic N) is 2. The van der Waals surface area contributed by atoms with Crippen LogP contribution in [0.4, 0.5) is 8.78 Å². The molecule has 4 heterocycles. The molecule has 0 bridgehead atoms. The molecule has 6 rings (SSSR count). The van der Waals surface area contributed by atoms with Gasteiger partial charge >= 0.3 is 5.97 Å². The third-order valence-corrected chi connectivity index (χ3v) is 7.97. The summed E-state index contributed by atoms with van der Waals surface area (Å²) >= 11 is 0. The number of carbonyl (C=O) groups excluding carboxylic acids is 1. The average molecular weight is 420 g/mol. The van der Waals surface area contributed by atoms with E-state index >= 15 is 4.39 Å². The first-order valence-corrected chi connectivity index (χ1v) is 10.5. The lowest BCUT2D eigenvalue weighted by Crippen LogP contribution is -2.79. The van der Waals surface area contributed by atoms with Crippen LogP contribution in [-0.2, 0) is 22.2 Å². The molecule has 2 aromatic heterocycles. The van der Waals surface area contributed by atoms with Crippen LogP contribution in [0.2, 0.25) is 0 Å². The van der Waals surface area contributed by atoms with E-state index in [2.05, 4.69) is 18.4 Å². The van der Waals surface area contributed by atoms with E-state index < -0.39 is 22.6 Å². The zero-order valence-corrected chi connectivity index (χ0v) is 17.3. The Kier molecular flexibility index (Phi) is 3.58. The number of aromatic nitrogens is 2. The normalized spacial score (nSPS) is 30.3. The first-order chi connectivity index (χ1) is 14.8. The van der Waals surface area contributed by atoms with Gasteiger partial charge in [-0.15, -0.1) is 0 Å². The fraction of sp³-hybridized carbons (Fsp3) is 0.320. The Hall–Kier alpha value is -3.15. The molecule has 4 unspecified atom stereocenters. The van der Waals surface area contributed by atoms with Crippen molar-refractivity contribution in [2.24, 2.45) is 5.92 Å². The van der Waals surface area contributed by atoms with Gasteiger partial charge in [0.2, 0.25) is 5.69 Å². The number of carbonyl (C=O) groups is 1. The van der Waals surface area contributed by atoms with E-state index in [1.165, 1.54) is 6.07 Å². The van der Waals surface area contributed by atoms with E-state index in [9.17, 15) is 9.18 Å². The molecule has 0 saturated heterocycles. The van der Waals surface area contributed by atoms with Crippen molar-refractivity contribution >= 4 is 5.97 Å². The van der Waals surface area contributed by atoms with Crippen LogP contribution in [0.1, 0.15) is 36.3 Å². The van der Waals surface area contributed by atoms with Gasteiger partial charge in [0.25, 0.3) is 5.69 Å². The number of halogens is 2. The molecule has 1 aromatic carbocycles. The van der Waals surface area contributed by atoms with E-state index in [-0.39, 0.29) is 18.0 Å². The minimum atomic E-state index is -0.609. The summed E-state index contributed by atoms with van der Waals surface area (Å²) in [5.74, 6) is -1.59. The molecular formula is C25H22F2N2O2+2. The Labute approximate surface area is 178 Å². The number of pyridine rings is 2. The van der Waals surface area contributed by atoms with Crippen LogP contribution in [0.3, 0.4) is 0 Å². The summed E-state index contributed by atoms with van der Waals surface area (Å²) in [4.78, 5) is 12.7. The minimum Gasteiger partial charge on any atom is -0.447 e. The number of hydrogen-bond donors (Lipinski definition) is 0. The van der Waals surface area contributed by atoms with E-state index in [4.69, 9.17) is 4.74 Å². The highest BCUT2D eigenvalue weighted by atomic mass is 19.1. The highest BCUT2D eigenvalue weighted by Crippen LogP contribution is 2.63. The van der Waals surface area contributed by atoms with Gasteiger partial charge < -0.3 is 4.74 Å². The molecule has 156 valence electrons. The number of ether oxygens (including phenoxy) is 1. The van der Waals surface area contributed by atoms with E-state index in [1.54, 1.807) is 6.07 Å². The Bertz CT molecular complexity index is 1280. The van der Waals surface area contributed by atoms with Gasteiger partial charge in [-0.05, 0) is 30.7 Å². The number of hydrogen-bond acceptors (Lipinski definition) is 2. The van der Waals surface area contributed by atoms with Crippen molar-refractivity contribution in [2.45, 2.75) is 43.9 Å². The summed E-state index contributed by atoms with van der Waals surface area (Å²) in [6.45, 7) is 4.71. The van der Waals surface area contributed by atoms with Gasteiger partial charge in [0.1, 0.15) is 11.6 Å². The highest BCUT2D eigenvalue weighted by Gasteiger charge is 2.73. The molecule has 1 fully saturated rings. The molecule has 2 aliphatic heterocycles. The maximum Gasteiger partial charge on any atom is 0.404 e. The van der Waals surface area contributed by atoms with Gasteiger partial charge in [-0.25, -0.2) is 13.6 Å². The molecule has 0 spiro atoms. The lowest BCUT2D eigenvalue weighted by molar-refractivity contribution is -0.785. The fourth-order valence-corrected chi connectivity index (χ4v) is 6.23. The molecular weight excluding hydrogens is 398 g/mol. The largest absolute Gasteiger partial charge is 0.447 e. The van der Waals surface area contributed by atoms with Gasteiger partial charge in [0, 0.05) is 49.6 Å². The summed E-state index contributed by atoms with van der Waals surface area (Å²) in [7, 11) is 0. The first kappa shape index (κ1) is 18.6. The van der Waals surface area contributed by atoms with Crippen LogP contribution < -0.4 is 9.13 Å². The number of benzene rings is 1. The summed E-state index contributed by atoms with van der Waals surface area (Å²) in [6, 6.07) is 13.5. The molecule has 0 amide bonds. The number of fused-ring (bicyclic) bond motifs is 7. The van der Waals surface area contributed by atoms with Gasteiger partial charge in [-0.1, -0.05) is 0 Å². The second-order valence-electron chi connectivity index (χ2n) is 9.23. The molecule has 0 radical (unpaired) electrons. The zero-order chi connectivity index (χ0) is 21.5. The standard InChI is InChI=1S/C25H22F2N2O2/c1-24-13-17(21-14-28-9-5-3-8-20(28)23(30)31-21)25(24,2)16-11-15(26)12-18(27)22(16)19-7-4-6-10-29(19)24/h3-12,17,21H,13-14H2,1-2H3/q+2. The van der Waals surface area contributed by atoms with Crippen LogP contribution in [0.15, 0.2) is 60.9 Å². The van der Waals surface area contributed by atoms with Crippen LogP contribution in [-0.4, -0.2) is 12.1 Å². The first-order valence-electron chi connectivity index (χ1n) is 10.5. The molecule has 1 saturated carbocycles. The number of cyclic esters (lactones) is 1. The second kappa shape index (κ2) is 5.96. The van der Waals surface area contributed by atoms with Crippen molar-refractivity contribution in [3.63, 3.8) is 0 Å². The molecule has 3 aromatic rings. The smallest absolute Gasteiger partial charge is 0.404 e. The lowest BCUT2D eigenvalue weighted by atomic mass is 9.43. The van der Waals surface area contributed by atoms with Gasteiger partial charge in [-0.3, -0.25) is 0 Å². The highest BCUT2D eigenvalue weighted by molar-refractivity contribution is 5.86. The monoisotopic (exact) mass is 420 g/mol. The third kappa shape index (κ3) is 2.20. The topological polar surface area (TPSA) is 34.1 Å². The fourth-order valence-electron chi connectivity index (χ4n) is 6.23. The lowest BCUT2D eigenvalue weighted by Gasteiger charge is -2.60. The minimum absolute atomic E-state index is 0.0805. The summed E-state index contributed by atoms with van der Waals surface area (Å²) in [5, 5.41) is 0. The van der Waals surface area contributed by atoms with Crippen molar-refractivity contribution in [3.8, 4) is 11.3 Å². The Morgan fingerprint density at radius 2 is 1.77 bits per heavy atom. The number of rotatable bonds is 1. The molecule has 1 aliphatic carbocycles. The second-order valence-corrected chi connectivity index (χ2v) is 9.23. The van der Waals surface area contributed by atoms with Crippen molar-refractivity contribution in [2.75, 3.05) is 0 Å². The maximum absolute atomic E-state index is 15.1. The Morgan fingerprint density at radius 3 is 2.58 bits per heavy atom. The molecule has 3 aliphatic rings. The predicted molar refractivity (Wildman–Crippen MR) is 107 cm³/mol. The molecule has 0 N–H and O–H groups in total. The zero-order valence-electron chi connectivity index (χ0n) is 17.3. The Morgan fingerprint density at radius 1 is 1.03 bits per heavy atom. The van der Waals surface area contributed by atoms with Crippen LogP contribution in [0, 0.1) is 17.6 Å². The van der Waals surface area contributed by atoms with Gasteiger partial charge in [0.15, 0.2) is 30.6 Å². The molecule has 4 nitrogen and oxygen atoms in total. The Balaban J connectivity index is 1.53. The van der Waals surface area contributed by atoms with Crippen LogP contribution >= 0.6 is 0 Å². The predicted octanol–water partition coefficient (Wildman–Crippen LogP) is 3.45. The van der Waals surface area contributed by atoms with Crippen molar-refractivity contribution in [1.29, 1.82) is 0 Å². The maximum atomic E-state index is 15.1. The summed E-state index contributed by atoms with van der Waals surface area (Å²) in [6.07, 6.45) is 4.20. The summed E-state index contributed by atoms with van der Waals surface area (Å²) in [5.41, 5.74) is 1.34. The van der Waals surface area contributed by atoms with Crippen molar-refractivity contribution < 1.29 is 27.4 Å². The van der Waals surface area contributed by atoms with Gasteiger partial charge in [0.05, 0.1) is 11.0 Å². The molecule has 31 heavy (non-hydrogen) atoms. The molecule has 4 atom stereocenters.